The van der Waals surface area contributed by atoms with Crippen LogP contribution in [0.25, 0.3) is 11.4 Å². The molecule has 0 saturated carbocycles. The number of pyridine rings is 1. The number of nitrogens with one attached hydrogen (secondary N) is 2. The number of aryl methyl sites for hydroxylation is 2. The van der Waals surface area contributed by atoms with Crippen LogP contribution in [0, 0.1) is 6.92 Å². The normalized spacial score (nSPS) is 10.9. The topological polar surface area (TPSA) is 121 Å². The molecule has 0 spiro atoms. The van der Waals surface area contributed by atoms with Gasteiger partial charge in [-0.25, -0.2) is 9.97 Å². The predicted molar refractivity (Wildman–Crippen MR) is 137 cm³/mol. The molecule has 0 amide bonds. The molecule has 36 heavy (non-hydrogen) atoms. The van der Waals surface area contributed by atoms with Crippen molar-refractivity contribution in [3.8, 4) is 17.1 Å². The predicted octanol–water partition coefficient (Wildman–Crippen LogP) is 4.12. The number of Topliss-reactive ketones (excluding diaryl/α,β-unsaturated/α-hetero) is 1. The summed E-state index contributed by atoms with van der Waals surface area (Å²) in [7, 11) is 5.06. The third kappa shape index (κ3) is 5.36. The van der Waals surface area contributed by atoms with Crippen LogP contribution in [0.2, 0.25) is 0 Å². The van der Waals surface area contributed by atoms with Gasteiger partial charge in [0.05, 0.1) is 42.8 Å². The molecular weight excluding hydrogens is 460 g/mol. The number of para-hydroxylation sites is 1. The minimum absolute atomic E-state index is 0.0299. The summed E-state index contributed by atoms with van der Waals surface area (Å²) in [5, 5.41) is 15.6. The number of benzene rings is 1. The van der Waals surface area contributed by atoms with E-state index in [1.807, 2.05) is 42.8 Å². The molecule has 2 N–H and O–H groups in total. The second kappa shape index (κ2) is 11.0. The fourth-order valence-electron chi connectivity index (χ4n) is 3.79. The molecule has 1 aromatic carbocycles. The standard InChI is InChI=1S/C25H30N8O3/c1-6-21(34)18-14-26-22(29-23-12-16(2)33(30-23)10-11-35-4)13-20(18)28-19-9-7-8-17(24(19)36-5)25-27-15-32(3)31-25/h7-9,12-15H,6,10-11H2,1-5H3,(H2,26,28,29,30). The zero-order valence-electron chi connectivity index (χ0n) is 21.1. The van der Waals surface area contributed by atoms with Crippen LogP contribution in [0.15, 0.2) is 42.9 Å². The van der Waals surface area contributed by atoms with E-state index in [1.165, 1.54) is 0 Å². The fraction of sp³-hybridized carbons (Fsp3) is 0.320. The lowest BCUT2D eigenvalue weighted by atomic mass is 10.1. The lowest BCUT2D eigenvalue weighted by molar-refractivity contribution is 0.0988. The zero-order chi connectivity index (χ0) is 25.7. The van der Waals surface area contributed by atoms with E-state index in [0.717, 1.165) is 11.3 Å². The Balaban J connectivity index is 1.68. The Morgan fingerprint density at radius 2 is 1.89 bits per heavy atom. The summed E-state index contributed by atoms with van der Waals surface area (Å²) in [6.07, 6.45) is 3.55. The van der Waals surface area contributed by atoms with Gasteiger partial charge in [-0.2, -0.15) is 10.2 Å². The molecular formula is C25H30N8O3. The van der Waals surface area contributed by atoms with Crippen molar-refractivity contribution in [2.75, 3.05) is 31.5 Å². The SMILES string of the molecule is CCC(=O)c1cnc(Nc2cc(C)n(CCOC)n2)cc1Nc1cccc(-c2ncn(C)n2)c1OC. The molecule has 0 aliphatic rings. The summed E-state index contributed by atoms with van der Waals surface area (Å²) in [5.41, 5.74) is 3.48. The second-order valence-electron chi connectivity index (χ2n) is 8.16. The van der Waals surface area contributed by atoms with Gasteiger partial charge < -0.3 is 20.1 Å². The van der Waals surface area contributed by atoms with E-state index in [0.29, 0.717) is 59.7 Å². The molecule has 0 radical (unpaired) electrons. The lowest BCUT2D eigenvalue weighted by Gasteiger charge is -2.16. The van der Waals surface area contributed by atoms with Crippen molar-refractivity contribution in [3.63, 3.8) is 0 Å². The van der Waals surface area contributed by atoms with Crippen molar-refractivity contribution >= 4 is 28.8 Å². The average molecular weight is 491 g/mol. The van der Waals surface area contributed by atoms with Crippen molar-refractivity contribution < 1.29 is 14.3 Å². The van der Waals surface area contributed by atoms with Crippen LogP contribution in [0.1, 0.15) is 29.4 Å². The number of carbonyl (C=O) groups excluding carboxylic acids is 1. The summed E-state index contributed by atoms with van der Waals surface area (Å²) >= 11 is 0. The van der Waals surface area contributed by atoms with Crippen LogP contribution in [0.3, 0.4) is 0 Å². The van der Waals surface area contributed by atoms with Gasteiger partial charge in [0.25, 0.3) is 0 Å². The number of nitrogens with zero attached hydrogens (tertiary/aromatic N) is 6. The molecule has 0 fully saturated rings. The van der Waals surface area contributed by atoms with E-state index in [9.17, 15) is 4.79 Å². The van der Waals surface area contributed by atoms with Crippen molar-refractivity contribution in [1.29, 1.82) is 0 Å². The highest BCUT2D eigenvalue weighted by Gasteiger charge is 2.18. The monoisotopic (exact) mass is 490 g/mol. The summed E-state index contributed by atoms with van der Waals surface area (Å²) in [5.74, 6) is 2.27. The van der Waals surface area contributed by atoms with Crippen LogP contribution >= 0.6 is 0 Å². The number of rotatable bonds is 11. The summed E-state index contributed by atoms with van der Waals surface area (Å²) in [6.45, 7) is 5.01. The first-order chi connectivity index (χ1) is 17.4. The summed E-state index contributed by atoms with van der Waals surface area (Å²) < 4.78 is 14.4. The molecule has 4 rings (SSSR count). The third-order valence-electron chi connectivity index (χ3n) is 5.60. The molecule has 3 aromatic heterocycles. The van der Waals surface area contributed by atoms with Crippen LogP contribution in [-0.4, -0.2) is 56.1 Å². The van der Waals surface area contributed by atoms with Crippen LogP contribution < -0.4 is 15.4 Å². The van der Waals surface area contributed by atoms with E-state index < -0.39 is 0 Å². The maximum Gasteiger partial charge on any atom is 0.184 e. The minimum atomic E-state index is -0.0299. The Morgan fingerprint density at radius 3 is 2.58 bits per heavy atom. The molecule has 11 heteroatoms. The van der Waals surface area contributed by atoms with Gasteiger partial charge in [-0.1, -0.05) is 13.0 Å². The van der Waals surface area contributed by atoms with Crippen molar-refractivity contribution in [3.05, 3.63) is 54.1 Å². The van der Waals surface area contributed by atoms with Crippen LogP contribution in [0.4, 0.5) is 23.0 Å². The van der Waals surface area contributed by atoms with Crippen molar-refractivity contribution in [2.24, 2.45) is 7.05 Å². The molecule has 11 nitrogen and oxygen atoms in total. The first-order valence-electron chi connectivity index (χ1n) is 11.6. The van der Waals surface area contributed by atoms with Gasteiger partial charge in [-0.15, -0.1) is 0 Å². The molecule has 188 valence electrons. The van der Waals surface area contributed by atoms with E-state index in [-0.39, 0.29) is 5.78 Å². The van der Waals surface area contributed by atoms with Gasteiger partial charge >= 0.3 is 0 Å². The van der Waals surface area contributed by atoms with Crippen LogP contribution in [-0.2, 0) is 18.3 Å². The number of methoxy groups -OCH3 is 2. The smallest absolute Gasteiger partial charge is 0.184 e. The molecule has 0 unspecified atom stereocenters. The highest BCUT2D eigenvalue weighted by molar-refractivity contribution is 6.02. The molecule has 3 heterocycles. The summed E-state index contributed by atoms with van der Waals surface area (Å²) in [6, 6.07) is 9.37. The van der Waals surface area contributed by atoms with Gasteiger partial charge in [0.2, 0.25) is 0 Å². The Labute approximate surface area is 209 Å². The number of hydrogen-bond acceptors (Lipinski definition) is 9. The van der Waals surface area contributed by atoms with Crippen molar-refractivity contribution in [2.45, 2.75) is 26.8 Å². The second-order valence-corrected chi connectivity index (χ2v) is 8.16. The first kappa shape index (κ1) is 24.9. The fourth-order valence-corrected chi connectivity index (χ4v) is 3.79. The largest absolute Gasteiger partial charge is 0.494 e. The highest BCUT2D eigenvalue weighted by Crippen LogP contribution is 2.37. The van der Waals surface area contributed by atoms with E-state index in [1.54, 1.807) is 44.5 Å². The number of ether oxygens (including phenoxy) is 2. The Bertz CT molecular complexity index is 1360. The molecule has 0 atom stereocenters. The van der Waals surface area contributed by atoms with Crippen LogP contribution in [0.5, 0.6) is 5.75 Å². The Kier molecular flexibility index (Phi) is 7.59. The third-order valence-corrected chi connectivity index (χ3v) is 5.60. The Hall–Kier alpha value is -4.25. The average Bonchev–Trinajstić information content (AvgIpc) is 3.46. The first-order valence-corrected chi connectivity index (χ1v) is 11.6. The van der Waals surface area contributed by atoms with Gasteiger partial charge in [-0.05, 0) is 19.1 Å². The number of hydrogen-bond donors (Lipinski definition) is 2. The van der Waals surface area contributed by atoms with Gasteiger partial charge in [0.15, 0.2) is 23.2 Å². The quantitative estimate of drug-likeness (QED) is 0.299. The van der Waals surface area contributed by atoms with E-state index in [4.69, 9.17) is 9.47 Å². The molecule has 0 bridgehead atoms. The van der Waals surface area contributed by atoms with Gasteiger partial charge in [0, 0.05) is 44.6 Å². The molecule has 0 saturated heterocycles. The molecule has 0 aliphatic heterocycles. The van der Waals surface area contributed by atoms with E-state index in [2.05, 4.69) is 30.8 Å². The van der Waals surface area contributed by atoms with E-state index >= 15 is 0 Å². The summed E-state index contributed by atoms with van der Waals surface area (Å²) in [4.78, 5) is 21.5. The highest BCUT2D eigenvalue weighted by atomic mass is 16.5. The number of aromatic nitrogens is 6. The maximum atomic E-state index is 12.7. The molecule has 4 aromatic rings. The lowest BCUT2D eigenvalue weighted by Crippen LogP contribution is -2.08. The number of ketones is 1. The Morgan fingerprint density at radius 1 is 1.06 bits per heavy atom. The molecule has 0 aliphatic carbocycles. The number of anilines is 4. The van der Waals surface area contributed by atoms with Gasteiger partial charge in [0.1, 0.15) is 12.1 Å². The zero-order valence-corrected chi connectivity index (χ0v) is 21.1. The minimum Gasteiger partial charge on any atom is -0.494 e. The van der Waals surface area contributed by atoms with Crippen molar-refractivity contribution in [1.82, 2.24) is 29.5 Å². The maximum absolute atomic E-state index is 12.7. The number of carbonyl (C=O) groups is 1. The van der Waals surface area contributed by atoms with Gasteiger partial charge in [-0.3, -0.25) is 14.2 Å².